The summed E-state index contributed by atoms with van der Waals surface area (Å²) in [5.74, 6) is 1.20. The van der Waals surface area contributed by atoms with E-state index in [9.17, 15) is 0 Å². The van der Waals surface area contributed by atoms with E-state index in [0.29, 0.717) is 13.2 Å². The van der Waals surface area contributed by atoms with Gasteiger partial charge in [0.1, 0.15) is 5.75 Å². The van der Waals surface area contributed by atoms with Gasteiger partial charge in [0.2, 0.25) is 0 Å². The fourth-order valence-electron chi connectivity index (χ4n) is 3.48. The van der Waals surface area contributed by atoms with Crippen molar-refractivity contribution in [2.75, 3.05) is 13.2 Å². The average molecular weight is 315 g/mol. The Hall–Kier alpha value is -2.58. The highest BCUT2D eigenvalue weighted by Gasteiger charge is 2.21. The van der Waals surface area contributed by atoms with Crippen molar-refractivity contribution in [2.24, 2.45) is 5.73 Å². The van der Waals surface area contributed by atoms with Gasteiger partial charge in [-0.1, -0.05) is 66.7 Å². The summed E-state index contributed by atoms with van der Waals surface area (Å²) in [5, 5.41) is 0. The standard InChI is InChI=1S/C22H21NO/c23-14-18(16-7-2-1-3-8-16)15-24-22-12-6-11-20-19-10-5-4-9-17(19)13-21(20)22/h1-12,18H,13-15,23H2. The first kappa shape index (κ1) is 15.0. The Bertz CT molecular complexity index is 842. The molecule has 3 aromatic rings. The lowest BCUT2D eigenvalue weighted by Gasteiger charge is -2.18. The molecule has 0 heterocycles. The van der Waals surface area contributed by atoms with Crippen molar-refractivity contribution in [1.82, 2.24) is 0 Å². The molecule has 0 amide bonds. The zero-order valence-corrected chi connectivity index (χ0v) is 13.6. The van der Waals surface area contributed by atoms with Crippen LogP contribution in [-0.2, 0) is 6.42 Å². The zero-order valence-electron chi connectivity index (χ0n) is 13.6. The van der Waals surface area contributed by atoms with E-state index in [0.717, 1.165) is 12.2 Å². The van der Waals surface area contributed by atoms with Crippen molar-refractivity contribution in [2.45, 2.75) is 12.3 Å². The summed E-state index contributed by atoms with van der Waals surface area (Å²) < 4.78 is 6.21. The monoisotopic (exact) mass is 315 g/mol. The Morgan fingerprint density at radius 3 is 2.42 bits per heavy atom. The fraction of sp³-hybridized carbons (Fsp3) is 0.182. The maximum atomic E-state index is 6.21. The van der Waals surface area contributed by atoms with Crippen LogP contribution in [0.25, 0.3) is 11.1 Å². The summed E-state index contributed by atoms with van der Waals surface area (Å²) in [5.41, 5.74) is 12.5. The molecule has 0 bridgehead atoms. The summed E-state index contributed by atoms with van der Waals surface area (Å²) in [6.45, 7) is 1.19. The van der Waals surface area contributed by atoms with E-state index in [2.05, 4.69) is 66.7 Å². The highest BCUT2D eigenvalue weighted by Crippen LogP contribution is 2.41. The zero-order chi connectivity index (χ0) is 16.4. The maximum absolute atomic E-state index is 6.21. The van der Waals surface area contributed by atoms with Gasteiger partial charge in [-0.15, -0.1) is 0 Å². The van der Waals surface area contributed by atoms with Crippen LogP contribution in [0.1, 0.15) is 22.6 Å². The maximum Gasteiger partial charge on any atom is 0.123 e. The minimum absolute atomic E-state index is 0.214. The second kappa shape index (κ2) is 6.50. The van der Waals surface area contributed by atoms with Crippen LogP contribution in [0.3, 0.4) is 0 Å². The van der Waals surface area contributed by atoms with Crippen molar-refractivity contribution < 1.29 is 4.74 Å². The van der Waals surface area contributed by atoms with Gasteiger partial charge in [0.15, 0.2) is 0 Å². The topological polar surface area (TPSA) is 35.2 Å². The molecule has 120 valence electrons. The van der Waals surface area contributed by atoms with Crippen LogP contribution in [0.15, 0.2) is 72.8 Å². The van der Waals surface area contributed by atoms with Gasteiger partial charge in [-0.25, -0.2) is 0 Å². The average Bonchev–Trinajstić information content (AvgIpc) is 3.03. The largest absolute Gasteiger partial charge is 0.493 e. The SMILES string of the molecule is NCC(COc1cccc2c1Cc1ccccc1-2)c1ccccc1. The molecule has 2 nitrogen and oxygen atoms in total. The summed E-state index contributed by atoms with van der Waals surface area (Å²) in [7, 11) is 0. The Balaban J connectivity index is 1.57. The third-order valence-electron chi connectivity index (χ3n) is 4.80. The molecule has 0 spiro atoms. The first-order chi connectivity index (χ1) is 11.9. The van der Waals surface area contributed by atoms with Crippen molar-refractivity contribution in [3.05, 3.63) is 89.5 Å². The molecule has 4 rings (SSSR count). The van der Waals surface area contributed by atoms with Gasteiger partial charge < -0.3 is 10.5 Å². The third-order valence-corrected chi connectivity index (χ3v) is 4.80. The van der Waals surface area contributed by atoms with Gasteiger partial charge in [0.05, 0.1) is 6.61 Å². The highest BCUT2D eigenvalue weighted by molar-refractivity contribution is 5.78. The predicted octanol–water partition coefficient (Wildman–Crippen LogP) is 4.38. The van der Waals surface area contributed by atoms with Crippen LogP contribution in [-0.4, -0.2) is 13.2 Å². The molecule has 0 aliphatic heterocycles. The van der Waals surface area contributed by atoms with Crippen LogP contribution < -0.4 is 10.5 Å². The van der Waals surface area contributed by atoms with Gasteiger partial charge in [-0.3, -0.25) is 0 Å². The molecule has 0 aromatic heterocycles. The van der Waals surface area contributed by atoms with E-state index in [1.807, 2.05) is 6.07 Å². The number of hydrogen-bond acceptors (Lipinski definition) is 2. The fourth-order valence-corrected chi connectivity index (χ4v) is 3.48. The smallest absolute Gasteiger partial charge is 0.123 e. The molecule has 0 fully saturated rings. The lowest BCUT2D eigenvalue weighted by Crippen LogP contribution is -2.19. The van der Waals surface area contributed by atoms with E-state index in [-0.39, 0.29) is 5.92 Å². The summed E-state index contributed by atoms with van der Waals surface area (Å²) in [4.78, 5) is 0. The Morgan fingerprint density at radius 1 is 0.833 bits per heavy atom. The van der Waals surface area contributed by atoms with Crippen LogP contribution in [0.5, 0.6) is 5.75 Å². The Labute approximate surface area is 142 Å². The van der Waals surface area contributed by atoms with Gasteiger partial charge in [-0.2, -0.15) is 0 Å². The van der Waals surface area contributed by atoms with E-state index < -0.39 is 0 Å². The van der Waals surface area contributed by atoms with Crippen molar-refractivity contribution in [3.63, 3.8) is 0 Å². The molecule has 2 heteroatoms. The minimum Gasteiger partial charge on any atom is -0.493 e. The summed E-state index contributed by atoms with van der Waals surface area (Å²) >= 11 is 0. The third kappa shape index (κ3) is 2.70. The molecular weight excluding hydrogens is 294 g/mol. The number of fused-ring (bicyclic) bond motifs is 3. The predicted molar refractivity (Wildman–Crippen MR) is 98.4 cm³/mol. The lowest BCUT2D eigenvalue weighted by atomic mass is 10.0. The van der Waals surface area contributed by atoms with Gasteiger partial charge in [0, 0.05) is 24.4 Å². The van der Waals surface area contributed by atoms with E-state index >= 15 is 0 Å². The van der Waals surface area contributed by atoms with Gasteiger partial charge >= 0.3 is 0 Å². The summed E-state index contributed by atoms with van der Waals surface area (Å²) in [6.07, 6.45) is 0.945. The molecule has 3 aromatic carbocycles. The molecule has 1 unspecified atom stereocenters. The lowest BCUT2D eigenvalue weighted by molar-refractivity contribution is 0.288. The molecule has 0 saturated heterocycles. The van der Waals surface area contributed by atoms with E-state index in [4.69, 9.17) is 10.5 Å². The van der Waals surface area contributed by atoms with Gasteiger partial charge in [-0.05, 0) is 28.3 Å². The Morgan fingerprint density at radius 2 is 1.58 bits per heavy atom. The highest BCUT2D eigenvalue weighted by atomic mass is 16.5. The molecule has 1 aliphatic rings. The van der Waals surface area contributed by atoms with Gasteiger partial charge in [0.25, 0.3) is 0 Å². The quantitative estimate of drug-likeness (QED) is 0.593. The van der Waals surface area contributed by atoms with Crippen LogP contribution in [0.2, 0.25) is 0 Å². The number of nitrogens with two attached hydrogens (primary N) is 1. The number of rotatable bonds is 5. The number of ether oxygens (including phenoxy) is 1. The summed E-state index contributed by atoms with van der Waals surface area (Å²) in [6, 6.07) is 25.3. The molecule has 0 radical (unpaired) electrons. The molecule has 1 aliphatic carbocycles. The molecular formula is C22H21NO. The van der Waals surface area contributed by atoms with Crippen LogP contribution in [0.4, 0.5) is 0 Å². The first-order valence-corrected chi connectivity index (χ1v) is 8.45. The molecule has 1 atom stereocenters. The normalized spacial score (nSPS) is 13.2. The molecule has 0 saturated carbocycles. The van der Waals surface area contributed by atoms with E-state index in [1.165, 1.54) is 27.8 Å². The minimum atomic E-state index is 0.214. The van der Waals surface area contributed by atoms with Crippen molar-refractivity contribution in [3.8, 4) is 16.9 Å². The molecule has 24 heavy (non-hydrogen) atoms. The number of benzene rings is 3. The van der Waals surface area contributed by atoms with Crippen molar-refractivity contribution in [1.29, 1.82) is 0 Å². The van der Waals surface area contributed by atoms with Crippen LogP contribution in [0, 0.1) is 0 Å². The van der Waals surface area contributed by atoms with Crippen molar-refractivity contribution >= 4 is 0 Å². The second-order valence-electron chi connectivity index (χ2n) is 6.27. The molecule has 2 N–H and O–H groups in total. The second-order valence-corrected chi connectivity index (χ2v) is 6.27. The van der Waals surface area contributed by atoms with Crippen LogP contribution >= 0.6 is 0 Å². The van der Waals surface area contributed by atoms with E-state index in [1.54, 1.807) is 0 Å². The first-order valence-electron chi connectivity index (χ1n) is 8.45. The number of hydrogen-bond donors (Lipinski definition) is 1. The Kier molecular flexibility index (Phi) is 4.06.